The molecule has 0 atom stereocenters. The predicted octanol–water partition coefficient (Wildman–Crippen LogP) is 2.12. The number of benzene rings is 1. The number of methoxy groups -OCH3 is 1. The van der Waals surface area contributed by atoms with Crippen LogP contribution in [0.4, 0.5) is 5.82 Å². The fourth-order valence-corrected chi connectivity index (χ4v) is 1.92. The molecular formula is C16H20N4O2. The van der Waals surface area contributed by atoms with E-state index in [9.17, 15) is 4.79 Å². The van der Waals surface area contributed by atoms with Gasteiger partial charge in [0.15, 0.2) is 5.82 Å². The van der Waals surface area contributed by atoms with Gasteiger partial charge in [0.05, 0.1) is 18.2 Å². The third-order valence-corrected chi connectivity index (χ3v) is 3.08. The molecule has 0 radical (unpaired) electrons. The first kappa shape index (κ1) is 15.8. The number of nitrogens with zero attached hydrogens (tertiary/aromatic N) is 2. The van der Waals surface area contributed by atoms with Crippen LogP contribution >= 0.6 is 0 Å². The number of anilines is 1. The van der Waals surface area contributed by atoms with Crippen molar-refractivity contribution in [3.8, 4) is 17.1 Å². The third-order valence-electron chi connectivity index (χ3n) is 3.08. The highest BCUT2D eigenvalue weighted by molar-refractivity contribution is 5.98. The summed E-state index contributed by atoms with van der Waals surface area (Å²) in [6, 6.07) is 7.38. The van der Waals surface area contributed by atoms with Crippen LogP contribution in [0.5, 0.6) is 5.75 Å². The highest BCUT2D eigenvalue weighted by Crippen LogP contribution is 2.27. The molecule has 1 aromatic heterocycles. The summed E-state index contributed by atoms with van der Waals surface area (Å²) in [6.45, 7) is 4.61. The summed E-state index contributed by atoms with van der Waals surface area (Å²) in [5, 5.41) is 2.80. The molecule has 0 saturated heterocycles. The van der Waals surface area contributed by atoms with Crippen LogP contribution in [0.25, 0.3) is 11.4 Å². The Balaban J connectivity index is 2.28. The van der Waals surface area contributed by atoms with Gasteiger partial charge < -0.3 is 15.8 Å². The van der Waals surface area contributed by atoms with E-state index in [0.717, 1.165) is 5.56 Å². The molecular weight excluding hydrogens is 280 g/mol. The molecule has 0 saturated carbocycles. The normalized spacial score (nSPS) is 10.5. The summed E-state index contributed by atoms with van der Waals surface area (Å²) < 4.78 is 5.28. The number of amides is 1. The Hall–Kier alpha value is -2.63. The van der Waals surface area contributed by atoms with Crippen LogP contribution in [0.2, 0.25) is 0 Å². The number of hydrogen-bond acceptors (Lipinski definition) is 5. The zero-order chi connectivity index (χ0) is 16.1. The number of nitrogen functional groups attached to an aromatic ring is 1. The van der Waals surface area contributed by atoms with Crippen molar-refractivity contribution in [2.45, 2.75) is 13.8 Å². The molecule has 22 heavy (non-hydrogen) atoms. The molecule has 1 heterocycles. The first-order valence-electron chi connectivity index (χ1n) is 7.07. The van der Waals surface area contributed by atoms with Crippen LogP contribution in [-0.2, 0) is 0 Å². The summed E-state index contributed by atoms with van der Waals surface area (Å²) in [5.74, 6) is 1.32. The van der Waals surface area contributed by atoms with E-state index >= 15 is 0 Å². The van der Waals surface area contributed by atoms with Crippen LogP contribution in [0.3, 0.4) is 0 Å². The second-order valence-electron chi connectivity index (χ2n) is 5.30. The van der Waals surface area contributed by atoms with E-state index in [2.05, 4.69) is 15.3 Å². The van der Waals surface area contributed by atoms with Gasteiger partial charge in [-0.25, -0.2) is 9.97 Å². The van der Waals surface area contributed by atoms with E-state index in [1.54, 1.807) is 7.11 Å². The summed E-state index contributed by atoms with van der Waals surface area (Å²) in [6.07, 6.45) is 1.44. The largest absolute Gasteiger partial charge is 0.496 e. The zero-order valence-corrected chi connectivity index (χ0v) is 13.0. The highest BCUT2D eigenvalue weighted by Gasteiger charge is 2.15. The van der Waals surface area contributed by atoms with Gasteiger partial charge in [-0.3, -0.25) is 4.79 Å². The SMILES string of the molecule is COc1ccccc1-c1ncc(C(=O)NCC(C)C)c(N)n1. The van der Waals surface area contributed by atoms with Gasteiger partial charge in [-0.05, 0) is 18.1 Å². The Labute approximate surface area is 129 Å². The molecule has 1 aromatic carbocycles. The molecule has 2 aromatic rings. The Morgan fingerprint density at radius 1 is 1.36 bits per heavy atom. The topological polar surface area (TPSA) is 90.1 Å². The highest BCUT2D eigenvalue weighted by atomic mass is 16.5. The minimum atomic E-state index is -0.266. The Morgan fingerprint density at radius 3 is 2.73 bits per heavy atom. The molecule has 2 rings (SSSR count). The molecule has 116 valence electrons. The fourth-order valence-electron chi connectivity index (χ4n) is 1.92. The quantitative estimate of drug-likeness (QED) is 0.882. The van der Waals surface area contributed by atoms with Crippen LogP contribution in [0, 0.1) is 5.92 Å². The Kier molecular flexibility index (Phi) is 4.93. The summed E-state index contributed by atoms with van der Waals surface area (Å²) >= 11 is 0. The maximum Gasteiger partial charge on any atom is 0.256 e. The van der Waals surface area contributed by atoms with Crippen molar-refractivity contribution in [2.75, 3.05) is 19.4 Å². The van der Waals surface area contributed by atoms with Gasteiger partial charge in [0.25, 0.3) is 5.91 Å². The average Bonchev–Trinajstić information content (AvgIpc) is 2.52. The van der Waals surface area contributed by atoms with Crippen molar-refractivity contribution in [3.63, 3.8) is 0 Å². The van der Waals surface area contributed by atoms with Gasteiger partial charge in [-0.2, -0.15) is 0 Å². The number of nitrogens with two attached hydrogens (primary N) is 1. The molecule has 1 amide bonds. The van der Waals surface area contributed by atoms with E-state index in [-0.39, 0.29) is 17.3 Å². The molecule has 0 unspecified atom stereocenters. The van der Waals surface area contributed by atoms with Crippen molar-refractivity contribution in [1.82, 2.24) is 15.3 Å². The van der Waals surface area contributed by atoms with Gasteiger partial charge in [-0.15, -0.1) is 0 Å². The van der Waals surface area contributed by atoms with E-state index < -0.39 is 0 Å². The average molecular weight is 300 g/mol. The van der Waals surface area contributed by atoms with Gasteiger partial charge in [0, 0.05) is 12.7 Å². The molecule has 0 fully saturated rings. The van der Waals surface area contributed by atoms with Crippen LogP contribution in [0.15, 0.2) is 30.5 Å². The van der Waals surface area contributed by atoms with E-state index in [1.165, 1.54) is 6.20 Å². The number of aromatic nitrogens is 2. The van der Waals surface area contributed by atoms with Crippen LogP contribution in [0.1, 0.15) is 24.2 Å². The number of carbonyl (C=O) groups is 1. The van der Waals surface area contributed by atoms with E-state index in [0.29, 0.717) is 24.0 Å². The standard InChI is InChI=1S/C16H20N4O2/c1-10(2)8-19-16(21)12-9-18-15(20-14(12)17)11-6-4-5-7-13(11)22-3/h4-7,9-10H,8H2,1-3H3,(H,19,21)(H2,17,18,20). The van der Waals surface area contributed by atoms with Crippen LogP contribution < -0.4 is 15.8 Å². The van der Waals surface area contributed by atoms with E-state index in [1.807, 2.05) is 38.1 Å². The van der Waals surface area contributed by atoms with Crippen molar-refractivity contribution in [3.05, 3.63) is 36.0 Å². The predicted molar refractivity (Wildman–Crippen MR) is 85.6 cm³/mol. The smallest absolute Gasteiger partial charge is 0.256 e. The number of ether oxygens (including phenoxy) is 1. The second kappa shape index (κ2) is 6.89. The molecule has 0 aliphatic heterocycles. The minimum Gasteiger partial charge on any atom is -0.496 e. The summed E-state index contributed by atoms with van der Waals surface area (Å²) in [7, 11) is 1.58. The maximum atomic E-state index is 12.0. The molecule has 3 N–H and O–H groups in total. The van der Waals surface area contributed by atoms with Gasteiger partial charge in [-0.1, -0.05) is 26.0 Å². The van der Waals surface area contributed by atoms with Gasteiger partial charge in [0.1, 0.15) is 11.6 Å². The molecule has 0 spiro atoms. The number of carbonyl (C=O) groups excluding carboxylic acids is 1. The molecule has 6 nitrogen and oxygen atoms in total. The van der Waals surface area contributed by atoms with Gasteiger partial charge in [0.2, 0.25) is 0 Å². The molecule has 0 aliphatic rings. The van der Waals surface area contributed by atoms with E-state index in [4.69, 9.17) is 10.5 Å². The number of para-hydroxylation sites is 1. The van der Waals surface area contributed by atoms with Crippen molar-refractivity contribution >= 4 is 11.7 Å². The second-order valence-corrected chi connectivity index (χ2v) is 5.30. The molecule has 0 bridgehead atoms. The Morgan fingerprint density at radius 2 is 2.09 bits per heavy atom. The lowest BCUT2D eigenvalue weighted by Crippen LogP contribution is -2.28. The lowest BCUT2D eigenvalue weighted by Gasteiger charge is -2.11. The Bertz CT molecular complexity index is 671. The molecule has 6 heteroatoms. The summed E-state index contributed by atoms with van der Waals surface area (Å²) in [5.41, 5.74) is 6.91. The third kappa shape index (κ3) is 3.52. The first-order valence-corrected chi connectivity index (χ1v) is 7.07. The fraction of sp³-hybridized carbons (Fsp3) is 0.312. The van der Waals surface area contributed by atoms with Crippen molar-refractivity contribution in [2.24, 2.45) is 5.92 Å². The van der Waals surface area contributed by atoms with Crippen molar-refractivity contribution < 1.29 is 9.53 Å². The maximum absolute atomic E-state index is 12.0. The monoisotopic (exact) mass is 300 g/mol. The van der Waals surface area contributed by atoms with Crippen LogP contribution in [-0.4, -0.2) is 29.5 Å². The first-order chi connectivity index (χ1) is 10.5. The lowest BCUT2D eigenvalue weighted by atomic mass is 10.1. The zero-order valence-electron chi connectivity index (χ0n) is 13.0. The number of rotatable bonds is 5. The minimum absolute atomic E-state index is 0.150. The van der Waals surface area contributed by atoms with Gasteiger partial charge >= 0.3 is 0 Å². The molecule has 0 aliphatic carbocycles. The lowest BCUT2D eigenvalue weighted by molar-refractivity contribution is 0.0949. The number of nitrogens with one attached hydrogen (secondary N) is 1. The number of hydrogen-bond donors (Lipinski definition) is 2. The van der Waals surface area contributed by atoms with Crippen molar-refractivity contribution in [1.29, 1.82) is 0 Å². The summed E-state index contributed by atoms with van der Waals surface area (Å²) in [4.78, 5) is 20.5.